The van der Waals surface area contributed by atoms with Crippen molar-refractivity contribution in [3.63, 3.8) is 0 Å². The molecule has 5 nitrogen and oxygen atoms in total. The standard InChI is InChI=1S/C22H18N2O3S/c25-20-11-4-12-24(20)16-7-3-6-15(14-16)23-22(27)18-9-2-1-8-17(18)21(26)19-10-5-13-28-19/h1-3,5-10,13-14H,4,11-12H2,(H,23,27). The maximum atomic E-state index is 12.9. The number of thiophene rings is 1. The van der Waals surface area contributed by atoms with Crippen LogP contribution in [0.5, 0.6) is 0 Å². The third-order valence-electron chi connectivity index (χ3n) is 4.65. The van der Waals surface area contributed by atoms with Crippen LogP contribution in [0.4, 0.5) is 11.4 Å². The molecule has 0 unspecified atom stereocenters. The van der Waals surface area contributed by atoms with E-state index in [1.807, 2.05) is 17.5 Å². The molecule has 2 aromatic carbocycles. The molecule has 1 fully saturated rings. The van der Waals surface area contributed by atoms with Gasteiger partial charge in [0.25, 0.3) is 5.91 Å². The summed E-state index contributed by atoms with van der Waals surface area (Å²) in [4.78, 5) is 39.9. The van der Waals surface area contributed by atoms with E-state index in [4.69, 9.17) is 0 Å². The lowest BCUT2D eigenvalue weighted by Crippen LogP contribution is -2.24. The number of benzene rings is 2. The molecule has 1 aromatic heterocycles. The second-order valence-electron chi connectivity index (χ2n) is 6.51. The van der Waals surface area contributed by atoms with Gasteiger partial charge in [-0.3, -0.25) is 14.4 Å². The second kappa shape index (κ2) is 7.78. The number of rotatable bonds is 5. The first-order valence-corrected chi connectivity index (χ1v) is 9.90. The van der Waals surface area contributed by atoms with Gasteiger partial charge in [-0.2, -0.15) is 0 Å². The fourth-order valence-electron chi connectivity index (χ4n) is 3.29. The van der Waals surface area contributed by atoms with Crippen molar-refractivity contribution in [3.8, 4) is 0 Å². The normalized spacial score (nSPS) is 13.6. The van der Waals surface area contributed by atoms with Crippen molar-refractivity contribution in [1.82, 2.24) is 0 Å². The van der Waals surface area contributed by atoms with Crippen molar-refractivity contribution in [2.45, 2.75) is 12.8 Å². The fourth-order valence-corrected chi connectivity index (χ4v) is 3.97. The van der Waals surface area contributed by atoms with Crippen LogP contribution in [0.2, 0.25) is 0 Å². The number of nitrogens with zero attached hydrogens (tertiary/aromatic N) is 1. The number of hydrogen-bond acceptors (Lipinski definition) is 4. The van der Waals surface area contributed by atoms with Crippen LogP contribution in [0.3, 0.4) is 0 Å². The Morgan fingerprint density at radius 3 is 2.50 bits per heavy atom. The minimum Gasteiger partial charge on any atom is -0.322 e. The van der Waals surface area contributed by atoms with Gasteiger partial charge >= 0.3 is 0 Å². The molecule has 0 aliphatic carbocycles. The van der Waals surface area contributed by atoms with E-state index >= 15 is 0 Å². The van der Waals surface area contributed by atoms with Gasteiger partial charge in [-0.1, -0.05) is 30.3 Å². The summed E-state index contributed by atoms with van der Waals surface area (Å²) >= 11 is 1.35. The zero-order valence-electron chi connectivity index (χ0n) is 15.1. The molecule has 140 valence electrons. The summed E-state index contributed by atoms with van der Waals surface area (Å²) in [5.41, 5.74) is 2.04. The number of anilines is 2. The molecule has 0 radical (unpaired) electrons. The monoisotopic (exact) mass is 390 g/mol. The molecule has 1 aliphatic heterocycles. The minimum absolute atomic E-state index is 0.0929. The quantitative estimate of drug-likeness (QED) is 0.659. The number of carbonyl (C=O) groups excluding carboxylic acids is 3. The number of ketones is 1. The van der Waals surface area contributed by atoms with Crippen molar-refractivity contribution in [2.24, 2.45) is 0 Å². The number of nitrogens with one attached hydrogen (secondary N) is 1. The van der Waals surface area contributed by atoms with E-state index in [2.05, 4.69) is 5.32 Å². The Balaban J connectivity index is 1.58. The second-order valence-corrected chi connectivity index (χ2v) is 7.45. The van der Waals surface area contributed by atoms with Crippen LogP contribution in [-0.2, 0) is 4.79 Å². The van der Waals surface area contributed by atoms with Crippen LogP contribution in [0.25, 0.3) is 0 Å². The Morgan fingerprint density at radius 2 is 1.79 bits per heavy atom. The van der Waals surface area contributed by atoms with Crippen LogP contribution >= 0.6 is 11.3 Å². The molecule has 0 saturated carbocycles. The topological polar surface area (TPSA) is 66.5 Å². The van der Waals surface area contributed by atoms with Crippen LogP contribution < -0.4 is 10.2 Å². The molecule has 28 heavy (non-hydrogen) atoms. The van der Waals surface area contributed by atoms with Crippen molar-refractivity contribution >= 4 is 40.3 Å². The molecule has 0 spiro atoms. The van der Waals surface area contributed by atoms with Gasteiger partial charge in [0.2, 0.25) is 11.7 Å². The third-order valence-corrected chi connectivity index (χ3v) is 5.52. The van der Waals surface area contributed by atoms with E-state index in [-0.39, 0.29) is 17.6 Å². The Bertz CT molecular complexity index is 1040. The summed E-state index contributed by atoms with van der Waals surface area (Å²) in [5.74, 6) is -0.432. The highest BCUT2D eigenvalue weighted by molar-refractivity contribution is 7.12. The van der Waals surface area contributed by atoms with Gasteiger partial charge in [-0.25, -0.2) is 0 Å². The largest absolute Gasteiger partial charge is 0.322 e. The molecule has 3 aromatic rings. The first-order valence-electron chi connectivity index (χ1n) is 9.02. The van der Waals surface area contributed by atoms with Gasteiger partial charge in [-0.05, 0) is 42.1 Å². The molecule has 6 heteroatoms. The van der Waals surface area contributed by atoms with Crippen LogP contribution in [0, 0.1) is 0 Å². The lowest BCUT2D eigenvalue weighted by atomic mass is 10.0. The Morgan fingerprint density at radius 1 is 0.964 bits per heavy atom. The third kappa shape index (κ3) is 3.59. The maximum Gasteiger partial charge on any atom is 0.256 e. The number of hydrogen-bond donors (Lipinski definition) is 1. The van der Waals surface area contributed by atoms with Crippen LogP contribution in [0.1, 0.15) is 38.4 Å². The summed E-state index contributed by atoms with van der Waals surface area (Å²) in [5, 5.41) is 4.69. The predicted molar refractivity (Wildman–Crippen MR) is 110 cm³/mol. The van der Waals surface area contributed by atoms with E-state index in [0.717, 1.165) is 12.1 Å². The average Bonchev–Trinajstić information content (AvgIpc) is 3.39. The van der Waals surface area contributed by atoms with Crippen LogP contribution in [-0.4, -0.2) is 24.1 Å². The van der Waals surface area contributed by atoms with E-state index in [1.165, 1.54) is 11.3 Å². The van der Waals surface area contributed by atoms with Crippen molar-refractivity contribution in [3.05, 3.63) is 82.0 Å². The zero-order chi connectivity index (χ0) is 19.5. The Hall–Kier alpha value is -3.25. The van der Waals surface area contributed by atoms with Gasteiger partial charge in [0, 0.05) is 29.9 Å². The fraction of sp³-hybridized carbons (Fsp3) is 0.136. The van der Waals surface area contributed by atoms with Gasteiger partial charge in [-0.15, -0.1) is 11.3 Å². The lowest BCUT2D eigenvalue weighted by molar-refractivity contribution is -0.117. The van der Waals surface area contributed by atoms with E-state index < -0.39 is 0 Å². The van der Waals surface area contributed by atoms with Crippen molar-refractivity contribution < 1.29 is 14.4 Å². The van der Waals surface area contributed by atoms with E-state index in [0.29, 0.717) is 34.7 Å². The molecule has 0 bridgehead atoms. The minimum atomic E-state index is -0.356. The Labute approximate surface area is 166 Å². The molecular weight excluding hydrogens is 372 g/mol. The first kappa shape index (κ1) is 18.1. The van der Waals surface area contributed by atoms with Crippen molar-refractivity contribution in [2.75, 3.05) is 16.8 Å². The predicted octanol–water partition coefficient (Wildman–Crippen LogP) is 4.36. The number of carbonyl (C=O) groups is 3. The van der Waals surface area contributed by atoms with Crippen LogP contribution in [0.15, 0.2) is 66.0 Å². The molecule has 2 heterocycles. The Kier molecular flexibility index (Phi) is 5.04. The van der Waals surface area contributed by atoms with Gasteiger partial charge in [0.05, 0.1) is 10.4 Å². The van der Waals surface area contributed by atoms with Crippen molar-refractivity contribution in [1.29, 1.82) is 0 Å². The van der Waals surface area contributed by atoms with Gasteiger partial charge < -0.3 is 10.2 Å². The summed E-state index contributed by atoms with van der Waals surface area (Å²) in [7, 11) is 0. The smallest absolute Gasteiger partial charge is 0.256 e. The lowest BCUT2D eigenvalue weighted by Gasteiger charge is -2.17. The summed E-state index contributed by atoms with van der Waals surface area (Å²) < 4.78 is 0. The maximum absolute atomic E-state index is 12.9. The highest BCUT2D eigenvalue weighted by atomic mass is 32.1. The molecule has 1 saturated heterocycles. The summed E-state index contributed by atoms with van der Waals surface area (Å²) in [6.45, 7) is 0.689. The molecule has 1 N–H and O–H groups in total. The molecule has 0 atom stereocenters. The zero-order valence-corrected chi connectivity index (χ0v) is 15.9. The molecule has 4 rings (SSSR count). The summed E-state index contributed by atoms with van der Waals surface area (Å²) in [6, 6.07) is 17.6. The number of amides is 2. The van der Waals surface area contributed by atoms with Gasteiger partial charge in [0.1, 0.15) is 0 Å². The average molecular weight is 390 g/mol. The SMILES string of the molecule is O=C(Nc1cccc(N2CCCC2=O)c1)c1ccccc1C(=O)c1cccs1. The first-order chi connectivity index (χ1) is 13.6. The molecular formula is C22H18N2O3S. The molecule has 1 aliphatic rings. The molecule has 2 amide bonds. The summed E-state index contributed by atoms with van der Waals surface area (Å²) in [6.07, 6.45) is 1.39. The van der Waals surface area contributed by atoms with E-state index in [1.54, 1.807) is 53.4 Å². The highest BCUT2D eigenvalue weighted by Crippen LogP contribution is 2.25. The highest BCUT2D eigenvalue weighted by Gasteiger charge is 2.22. The van der Waals surface area contributed by atoms with Gasteiger partial charge in [0.15, 0.2) is 0 Å². The van der Waals surface area contributed by atoms with E-state index in [9.17, 15) is 14.4 Å².